The molecule has 0 atom stereocenters. The maximum Gasteiger partial charge on any atom is 0.257 e. The molecule has 1 amide bonds. The molecule has 21 heavy (non-hydrogen) atoms. The SMILES string of the molecule is CN(C)C(=O)c1ccc(N)cc1Oc1ccc(CO)cc1. The zero-order valence-electron chi connectivity index (χ0n) is 12.0. The topological polar surface area (TPSA) is 75.8 Å². The van der Waals surface area contributed by atoms with Crippen molar-refractivity contribution >= 4 is 11.6 Å². The standard InChI is InChI=1S/C16H18N2O3/c1-18(2)16(20)14-8-5-12(17)9-15(14)21-13-6-3-11(10-19)4-7-13/h3-9,19H,10,17H2,1-2H3. The van der Waals surface area contributed by atoms with Crippen molar-refractivity contribution < 1.29 is 14.6 Å². The van der Waals surface area contributed by atoms with Crippen LogP contribution in [0.4, 0.5) is 5.69 Å². The molecule has 0 heterocycles. The predicted octanol–water partition coefficient (Wildman–Crippen LogP) is 2.26. The highest BCUT2D eigenvalue weighted by Gasteiger charge is 2.15. The quantitative estimate of drug-likeness (QED) is 0.845. The number of aliphatic hydroxyl groups is 1. The van der Waals surface area contributed by atoms with Crippen LogP contribution in [0.3, 0.4) is 0 Å². The van der Waals surface area contributed by atoms with E-state index in [4.69, 9.17) is 15.6 Å². The van der Waals surface area contributed by atoms with Crippen molar-refractivity contribution in [3.05, 3.63) is 53.6 Å². The molecule has 0 saturated heterocycles. The molecular weight excluding hydrogens is 268 g/mol. The van der Waals surface area contributed by atoms with Crippen LogP contribution >= 0.6 is 0 Å². The highest BCUT2D eigenvalue weighted by Crippen LogP contribution is 2.28. The number of carbonyl (C=O) groups is 1. The molecule has 0 aliphatic rings. The monoisotopic (exact) mass is 286 g/mol. The van der Waals surface area contributed by atoms with Gasteiger partial charge >= 0.3 is 0 Å². The Balaban J connectivity index is 2.33. The molecule has 3 N–H and O–H groups in total. The minimum absolute atomic E-state index is 0.0249. The molecule has 2 aromatic rings. The van der Waals surface area contributed by atoms with Crippen LogP contribution in [0.15, 0.2) is 42.5 Å². The Hall–Kier alpha value is -2.53. The van der Waals surface area contributed by atoms with E-state index in [-0.39, 0.29) is 12.5 Å². The van der Waals surface area contributed by atoms with E-state index in [0.717, 1.165) is 5.56 Å². The van der Waals surface area contributed by atoms with Crippen LogP contribution in [-0.4, -0.2) is 30.0 Å². The lowest BCUT2D eigenvalue weighted by Gasteiger charge is -2.15. The number of hydrogen-bond donors (Lipinski definition) is 2. The molecule has 0 aliphatic heterocycles. The van der Waals surface area contributed by atoms with Gasteiger partial charge in [-0.15, -0.1) is 0 Å². The van der Waals surface area contributed by atoms with Crippen molar-refractivity contribution in [2.75, 3.05) is 19.8 Å². The van der Waals surface area contributed by atoms with Crippen LogP contribution in [0, 0.1) is 0 Å². The van der Waals surface area contributed by atoms with Crippen molar-refractivity contribution in [3.63, 3.8) is 0 Å². The number of ether oxygens (including phenoxy) is 1. The Morgan fingerprint density at radius 1 is 1.19 bits per heavy atom. The van der Waals surface area contributed by atoms with Gasteiger partial charge in [-0.2, -0.15) is 0 Å². The number of carbonyl (C=O) groups excluding carboxylic acids is 1. The number of aliphatic hydroxyl groups excluding tert-OH is 1. The molecule has 2 rings (SSSR count). The first kappa shape index (κ1) is 14.9. The summed E-state index contributed by atoms with van der Waals surface area (Å²) < 4.78 is 5.75. The first-order chi connectivity index (χ1) is 10.0. The fraction of sp³-hybridized carbons (Fsp3) is 0.188. The van der Waals surface area contributed by atoms with Gasteiger partial charge in [-0.3, -0.25) is 4.79 Å². The van der Waals surface area contributed by atoms with E-state index in [0.29, 0.717) is 22.7 Å². The predicted molar refractivity (Wildman–Crippen MR) is 81.3 cm³/mol. The number of benzene rings is 2. The summed E-state index contributed by atoms with van der Waals surface area (Å²) in [4.78, 5) is 13.6. The molecular formula is C16H18N2O3. The third-order valence-electron chi connectivity index (χ3n) is 2.98. The molecule has 0 spiro atoms. The van der Waals surface area contributed by atoms with Crippen molar-refractivity contribution in [3.8, 4) is 11.5 Å². The van der Waals surface area contributed by atoms with Crippen LogP contribution < -0.4 is 10.5 Å². The summed E-state index contributed by atoms with van der Waals surface area (Å²) in [5.41, 5.74) is 7.52. The highest BCUT2D eigenvalue weighted by atomic mass is 16.5. The number of anilines is 1. The number of nitrogens with zero attached hydrogens (tertiary/aromatic N) is 1. The molecule has 110 valence electrons. The summed E-state index contributed by atoms with van der Waals surface area (Å²) in [6.45, 7) is -0.0249. The molecule has 2 aromatic carbocycles. The molecule has 0 fully saturated rings. The summed E-state index contributed by atoms with van der Waals surface area (Å²) in [5, 5.41) is 9.03. The molecule has 0 aromatic heterocycles. The maximum absolute atomic E-state index is 12.1. The van der Waals surface area contributed by atoms with Crippen LogP contribution in [0.2, 0.25) is 0 Å². The average molecular weight is 286 g/mol. The lowest BCUT2D eigenvalue weighted by molar-refractivity contribution is 0.0825. The molecule has 0 aliphatic carbocycles. The molecule has 5 heteroatoms. The Morgan fingerprint density at radius 2 is 1.86 bits per heavy atom. The van der Waals surface area contributed by atoms with E-state index in [9.17, 15) is 4.79 Å². The number of nitrogens with two attached hydrogens (primary N) is 1. The second-order valence-electron chi connectivity index (χ2n) is 4.86. The van der Waals surface area contributed by atoms with Gasteiger partial charge in [0.05, 0.1) is 12.2 Å². The summed E-state index contributed by atoms with van der Waals surface area (Å²) in [7, 11) is 3.36. The third kappa shape index (κ3) is 3.52. The fourth-order valence-electron chi connectivity index (χ4n) is 1.83. The van der Waals surface area contributed by atoms with Gasteiger partial charge in [0.2, 0.25) is 0 Å². The van der Waals surface area contributed by atoms with Crippen LogP contribution in [0.1, 0.15) is 15.9 Å². The van der Waals surface area contributed by atoms with Gasteiger partial charge < -0.3 is 20.5 Å². The zero-order valence-corrected chi connectivity index (χ0v) is 12.0. The van der Waals surface area contributed by atoms with Gasteiger partial charge in [0.1, 0.15) is 11.5 Å². The number of rotatable bonds is 4. The van der Waals surface area contributed by atoms with Crippen LogP contribution in [0.5, 0.6) is 11.5 Å². The first-order valence-electron chi connectivity index (χ1n) is 6.50. The van der Waals surface area contributed by atoms with Crippen LogP contribution in [-0.2, 0) is 6.61 Å². The fourth-order valence-corrected chi connectivity index (χ4v) is 1.83. The Kier molecular flexibility index (Phi) is 4.45. The molecule has 5 nitrogen and oxygen atoms in total. The second-order valence-corrected chi connectivity index (χ2v) is 4.86. The van der Waals surface area contributed by atoms with E-state index in [1.54, 1.807) is 56.6 Å². The molecule has 0 bridgehead atoms. The van der Waals surface area contributed by atoms with Crippen LogP contribution in [0.25, 0.3) is 0 Å². The Labute approximate surface area is 123 Å². The number of hydrogen-bond acceptors (Lipinski definition) is 4. The first-order valence-corrected chi connectivity index (χ1v) is 6.50. The van der Waals surface area contributed by atoms with Gasteiger partial charge in [-0.25, -0.2) is 0 Å². The molecule has 0 saturated carbocycles. The third-order valence-corrected chi connectivity index (χ3v) is 2.98. The smallest absolute Gasteiger partial charge is 0.257 e. The van der Waals surface area contributed by atoms with E-state index < -0.39 is 0 Å². The summed E-state index contributed by atoms with van der Waals surface area (Å²) >= 11 is 0. The van der Waals surface area contributed by atoms with E-state index in [1.165, 1.54) is 4.90 Å². The molecule has 0 radical (unpaired) electrons. The van der Waals surface area contributed by atoms with Gasteiger partial charge in [-0.1, -0.05) is 12.1 Å². The van der Waals surface area contributed by atoms with Gasteiger partial charge in [0.15, 0.2) is 0 Å². The average Bonchev–Trinajstić information content (AvgIpc) is 2.47. The summed E-state index contributed by atoms with van der Waals surface area (Å²) in [5.74, 6) is 0.827. The Bertz CT molecular complexity index is 636. The largest absolute Gasteiger partial charge is 0.456 e. The maximum atomic E-state index is 12.1. The minimum atomic E-state index is -0.156. The normalized spacial score (nSPS) is 10.2. The summed E-state index contributed by atoms with van der Waals surface area (Å²) in [6, 6.07) is 11.9. The van der Waals surface area contributed by atoms with E-state index >= 15 is 0 Å². The van der Waals surface area contributed by atoms with E-state index in [1.807, 2.05) is 0 Å². The number of amides is 1. The molecule has 0 unspecified atom stereocenters. The van der Waals surface area contributed by atoms with Crippen molar-refractivity contribution in [2.24, 2.45) is 0 Å². The number of nitrogen functional groups attached to an aromatic ring is 1. The highest BCUT2D eigenvalue weighted by molar-refractivity contribution is 5.97. The van der Waals surface area contributed by atoms with Crippen molar-refractivity contribution in [1.82, 2.24) is 4.90 Å². The van der Waals surface area contributed by atoms with Crippen molar-refractivity contribution in [1.29, 1.82) is 0 Å². The Morgan fingerprint density at radius 3 is 2.43 bits per heavy atom. The van der Waals surface area contributed by atoms with Gasteiger partial charge in [0.25, 0.3) is 5.91 Å². The van der Waals surface area contributed by atoms with Crippen molar-refractivity contribution in [2.45, 2.75) is 6.61 Å². The lowest BCUT2D eigenvalue weighted by Crippen LogP contribution is -2.22. The lowest BCUT2D eigenvalue weighted by atomic mass is 10.1. The summed E-state index contributed by atoms with van der Waals surface area (Å²) in [6.07, 6.45) is 0. The van der Waals surface area contributed by atoms with E-state index in [2.05, 4.69) is 0 Å². The zero-order chi connectivity index (χ0) is 15.4. The minimum Gasteiger partial charge on any atom is -0.456 e. The van der Waals surface area contributed by atoms with Gasteiger partial charge in [-0.05, 0) is 29.8 Å². The van der Waals surface area contributed by atoms with Gasteiger partial charge in [0, 0.05) is 25.8 Å². The second kappa shape index (κ2) is 6.28.